The summed E-state index contributed by atoms with van der Waals surface area (Å²) in [6, 6.07) is 0.484. The fraction of sp³-hybridized carbons (Fsp3) is 1.00. The lowest BCUT2D eigenvalue weighted by molar-refractivity contribution is 0.136. The van der Waals surface area contributed by atoms with Crippen LogP contribution < -0.4 is 5.73 Å². The molecule has 1 aliphatic carbocycles. The fourth-order valence-corrected chi connectivity index (χ4v) is 3.03. The van der Waals surface area contributed by atoms with Crippen molar-refractivity contribution in [3.8, 4) is 0 Å². The first-order valence-corrected chi connectivity index (χ1v) is 6.05. The minimum absolute atomic E-state index is 0.379. The van der Waals surface area contributed by atoms with Gasteiger partial charge in [0.1, 0.15) is 0 Å². The zero-order valence-electron chi connectivity index (χ0n) is 9.79. The molecule has 3 unspecified atom stereocenters. The van der Waals surface area contributed by atoms with E-state index < -0.39 is 0 Å². The summed E-state index contributed by atoms with van der Waals surface area (Å²) in [7, 11) is 0. The molecule has 0 radical (unpaired) electrons. The second-order valence-electron chi connectivity index (χ2n) is 5.74. The maximum Gasteiger partial charge on any atom is 0.0150 e. The Balaban J connectivity index is 2.02. The lowest BCUT2D eigenvalue weighted by Gasteiger charge is -2.35. The van der Waals surface area contributed by atoms with Crippen LogP contribution >= 0.6 is 0 Å². The molecule has 1 saturated carbocycles. The van der Waals surface area contributed by atoms with Crippen molar-refractivity contribution in [2.24, 2.45) is 17.6 Å². The zero-order chi connectivity index (χ0) is 10.3. The summed E-state index contributed by atoms with van der Waals surface area (Å²) in [6.45, 7) is 9.54. The van der Waals surface area contributed by atoms with Crippen LogP contribution in [0.15, 0.2) is 0 Å². The highest BCUT2D eigenvalue weighted by Gasteiger charge is 2.44. The maximum atomic E-state index is 6.14. The van der Waals surface area contributed by atoms with Crippen LogP contribution in [0.3, 0.4) is 0 Å². The van der Waals surface area contributed by atoms with Gasteiger partial charge in [0.05, 0.1) is 0 Å². The summed E-state index contributed by atoms with van der Waals surface area (Å²) in [4.78, 5) is 2.65. The van der Waals surface area contributed by atoms with Crippen LogP contribution in [0.2, 0.25) is 0 Å². The second-order valence-corrected chi connectivity index (χ2v) is 5.74. The molecule has 2 fully saturated rings. The Morgan fingerprint density at radius 1 is 1.29 bits per heavy atom. The molecule has 0 aromatic rings. The number of rotatable bonds is 2. The van der Waals surface area contributed by atoms with Crippen LogP contribution in [0.4, 0.5) is 0 Å². The fourth-order valence-electron chi connectivity index (χ4n) is 3.03. The molecule has 2 aliphatic rings. The van der Waals surface area contributed by atoms with Crippen molar-refractivity contribution in [3.63, 3.8) is 0 Å². The van der Waals surface area contributed by atoms with Crippen molar-refractivity contribution in [1.29, 1.82) is 0 Å². The lowest BCUT2D eigenvalue weighted by atomic mass is 9.98. The van der Waals surface area contributed by atoms with Crippen LogP contribution in [0.1, 0.15) is 40.0 Å². The second kappa shape index (κ2) is 3.49. The third-order valence-corrected chi connectivity index (χ3v) is 4.63. The van der Waals surface area contributed by atoms with Gasteiger partial charge in [-0.3, -0.25) is 4.90 Å². The third-order valence-electron chi connectivity index (χ3n) is 4.63. The summed E-state index contributed by atoms with van der Waals surface area (Å²) in [5.41, 5.74) is 6.52. The van der Waals surface area contributed by atoms with Crippen molar-refractivity contribution in [2.75, 3.05) is 13.1 Å². The van der Waals surface area contributed by atoms with Gasteiger partial charge in [-0.1, -0.05) is 6.92 Å². The van der Waals surface area contributed by atoms with Gasteiger partial charge in [0.15, 0.2) is 0 Å². The molecule has 0 spiro atoms. The Labute approximate surface area is 87.8 Å². The minimum atomic E-state index is 0.379. The predicted molar refractivity (Wildman–Crippen MR) is 60.1 cm³/mol. The van der Waals surface area contributed by atoms with Gasteiger partial charge in [0.25, 0.3) is 0 Å². The number of likely N-dealkylation sites (tertiary alicyclic amines) is 1. The summed E-state index contributed by atoms with van der Waals surface area (Å²) < 4.78 is 0. The van der Waals surface area contributed by atoms with Crippen LogP contribution in [0, 0.1) is 11.8 Å². The zero-order valence-corrected chi connectivity index (χ0v) is 9.79. The summed E-state index contributed by atoms with van der Waals surface area (Å²) in [5, 5.41) is 0. The van der Waals surface area contributed by atoms with Gasteiger partial charge in [-0.15, -0.1) is 0 Å². The monoisotopic (exact) mass is 196 g/mol. The molecular formula is C12H24N2. The van der Waals surface area contributed by atoms with Gasteiger partial charge in [-0.05, 0) is 44.9 Å². The van der Waals surface area contributed by atoms with Crippen molar-refractivity contribution in [2.45, 2.75) is 51.6 Å². The van der Waals surface area contributed by atoms with E-state index >= 15 is 0 Å². The molecule has 0 aromatic carbocycles. The molecule has 2 rings (SSSR count). The summed E-state index contributed by atoms with van der Waals surface area (Å²) in [5.74, 6) is 1.69. The highest BCUT2D eigenvalue weighted by Crippen LogP contribution is 2.40. The van der Waals surface area contributed by atoms with E-state index in [0.717, 1.165) is 11.8 Å². The van der Waals surface area contributed by atoms with Gasteiger partial charge >= 0.3 is 0 Å². The largest absolute Gasteiger partial charge is 0.327 e. The Morgan fingerprint density at radius 3 is 2.57 bits per heavy atom. The Kier molecular flexibility index (Phi) is 2.61. The van der Waals surface area contributed by atoms with E-state index in [4.69, 9.17) is 5.73 Å². The lowest BCUT2D eigenvalue weighted by Crippen LogP contribution is -2.43. The molecule has 0 amide bonds. The Hall–Kier alpha value is -0.0800. The average Bonchev–Trinajstić information content (AvgIpc) is 2.69. The molecule has 2 heteroatoms. The number of fused-ring (bicyclic) bond motifs is 1. The van der Waals surface area contributed by atoms with Crippen molar-refractivity contribution in [1.82, 2.24) is 4.90 Å². The first-order valence-electron chi connectivity index (χ1n) is 6.05. The first kappa shape index (κ1) is 10.4. The van der Waals surface area contributed by atoms with Gasteiger partial charge in [0, 0.05) is 24.7 Å². The molecule has 2 N–H and O–H groups in total. The van der Waals surface area contributed by atoms with Gasteiger partial charge in [-0.2, -0.15) is 0 Å². The topological polar surface area (TPSA) is 29.3 Å². The smallest absolute Gasteiger partial charge is 0.0150 e. The molecule has 0 bridgehead atoms. The highest BCUT2D eigenvalue weighted by molar-refractivity contribution is 4.99. The normalized spacial score (nSPS) is 39.0. The molecule has 0 aromatic heterocycles. The number of hydrogen-bond donors (Lipinski definition) is 1. The standard InChI is InChI=1S/C12H24N2/c1-4-12(2,3)14-7-9-5-6-11(13)10(9)8-14/h9-11H,4-8,13H2,1-3H3. The predicted octanol–water partition coefficient (Wildman–Crippen LogP) is 1.84. The average molecular weight is 196 g/mol. The minimum Gasteiger partial charge on any atom is -0.327 e. The quantitative estimate of drug-likeness (QED) is 0.730. The van der Waals surface area contributed by atoms with Crippen LogP contribution in [0.5, 0.6) is 0 Å². The van der Waals surface area contributed by atoms with Crippen molar-refractivity contribution < 1.29 is 0 Å². The Morgan fingerprint density at radius 2 is 2.00 bits per heavy atom. The van der Waals surface area contributed by atoms with Crippen LogP contribution in [-0.2, 0) is 0 Å². The van der Waals surface area contributed by atoms with E-state index in [1.165, 1.54) is 32.4 Å². The molecule has 1 heterocycles. The van der Waals surface area contributed by atoms with Gasteiger partial charge < -0.3 is 5.73 Å². The molecule has 2 nitrogen and oxygen atoms in total. The van der Waals surface area contributed by atoms with Crippen LogP contribution in [0.25, 0.3) is 0 Å². The summed E-state index contributed by atoms with van der Waals surface area (Å²) >= 11 is 0. The first-order chi connectivity index (χ1) is 6.54. The molecular weight excluding hydrogens is 172 g/mol. The van der Waals surface area contributed by atoms with Crippen LogP contribution in [-0.4, -0.2) is 29.6 Å². The van der Waals surface area contributed by atoms with E-state index in [9.17, 15) is 0 Å². The van der Waals surface area contributed by atoms with E-state index in [-0.39, 0.29) is 0 Å². The maximum absolute atomic E-state index is 6.14. The Bertz CT molecular complexity index is 212. The molecule has 82 valence electrons. The SMILES string of the molecule is CCC(C)(C)N1CC2CCC(N)C2C1. The van der Waals surface area contributed by atoms with E-state index in [0.29, 0.717) is 11.6 Å². The molecule has 1 aliphatic heterocycles. The van der Waals surface area contributed by atoms with Gasteiger partial charge in [0.2, 0.25) is 0 Å². The van der Waals surface area contributed by atoms with E-state index in [1.54, 1.807) is 0 Å². The van der Waals surface area contributed by atoms with Crippen molar-refractivity contribution >= 4 is 0 Å². The molecule has 1 saturated heterocycles. The molecule has 14 heavy (non-hydrogen) atoms. The summed E-state index contributed by atoms with van der Waals surface area (Å²) in [6.07, 6.45) is 3.86. The number of nitrogens with zero attached hydrogens (tertiary/aromatic N) is 1. The number of hydrogen-bond acceptors (Lipinski definition) is 2. The van der Waals surface area contributed by atoms with E-state index in [2.05, 4.69) is 25.7 Å². The highest BCUT2D eigenvalue weighted by atomic mass is 15.2. The molecule has 3 atom stereocenters. The third kappa shape index (κ3) is 1.59. The van der Waals surface area contributed by atoms with E-state index in [1.807, 2.05) is 0 Å². The number of nitrogens with two attached hydrogens (primary N) is 1. The van der Waals surface area contributed by atoms with Crippen molar-refractivity contribution in [3.05, 3.63) is 0 Å². The van der Waals surface area contributed by atoms with Gasteiger partial charge in [-0.25, -0.2) is 0 Å².